The fraction of sp³-hybridized carbons (Fsp3) is 0.273. The topological polar surface area (TPSA) is 20.2 Å². The summed E-state index contributed by atoms with van der Waals surface area (Å²) in [4.78, 5) is 0. The van der Waals surface area contributed by atoms with Crippen LogP contribution in [0.15, 0.2) is 30.3 Å². The summed E-state index contributed by atoms with van der Waals surface area (Å²) in [5.74, 6) is 0. The number of hydrogen-bond donors (Lipinski definition) is 1. The number of aliphatic hydroxyl groups excluding tert-OH is 1. The fourth-order valence-electron chi connectivity index (χ4n) is 1.11. The average Bonchev–Trinajstić information content (AvgIpc) is 2.15. The molecule has 0 saturated carbocycles. The first-order valence-electron chi connectivity index (χ1n) is 4.27. The van der Waals surface area contributed by atoms with E-state index >= 15 is 0 Å². The molecule has 0 radical (unpaired) electrons. The van der Waals surface area contributed by atoms with E-state index in [1.807, 2.05) is 37.3 Å². The lowest BCUT2D eigenvalue weighted by atomic mass is 10.1. The maximum absolute atomic E-state index is 8.64. The first-order chi connectivity index (χ1) is 6.24. The van der Waals surface area contributed by atoms with Crippen molar-refractivity contribution in [2.24, 2.45) is 0 Å². The molecule has 1 nitrogen and oxygen atoms in total. The SMILES string of the molecule is C/C(=C\CCO)c1ccc(Cl)cc1. The van der Waals surface area contributed by atoms with Crippen LogP contribution < -0.4 is 0 Å². The van der Waals surface area contributed by atoms with E-state index in [1.165, 1.54) is 5.57 Å². The van der Waals surface area contributed by atoms with Crippen LogP contribution in [0.1, 0.15) is 18.9 Å². The molecular formula is C11H13ClO. The molecule has 0 unspecified atom stereocenters. The Hall–Kier alpha value is -0.790. The van der Waals surface area contributed by atoms with Gasteiger partial charge in [0, 0.05) is 11.6 Å². The molecule has 0 saturated heterocycles. The van der Waals surface area contributed by atoms with E-state index in [9.17, 15) is 0 Å². The molecule has 0 amide bonds. The number of allylic oxidation sites excluding steroid dienone is 1. The van der Waals surface area contributed by atoms with Gasteiger partial charge in [0.25, 0.3) is 0 Å². The maximum atomic E-state index is 8.64. The minimum absolute atomic E-state index is 0.199. The molecular weight excluding hydrogens is 184 g/mol. The number of hydrogen-bond acceptors (Lipinski definition) is 1. The van der Waals surface area contributed by atoms with Crippen molar-refractivity contribution in [1.29, 1.82) is 0 Å². The minimum atomic E-state index is 0.199. The van der Waals surface area contributed by atoms with Gasteiger partial charge in [0.2, 0.25) is 0 Å². The number of halogens is 1. The summed E-state index contributed by atoms with van der Waals surface area (Å²) < 4.78 is 0. The highest BCUT2D eigenvalue weighted by atomic mass is 35.5. The lowest BCUT2D eigenvalue weighted by molar-refractivity contribution is 0.303. The van der Waals surface area contributed by atoms with Gasteiger partial charge >= 0.3 is 0 Å². The summed E-state index contributed by atoms with van der Waals surface area (Å²) in [5, 5.41) is 9.39. The number of rotatable bonds is 3. The van der Waals surface area contributed by atoms with E-state index in [4.69, 9.17) is 16.7 Å². The zero-order valence-electron chi connectivity index (χ0n) is 7.63. The highest BCUT2D eigenvalue weighted by Gasteiger charge is 1.94. The molecule has 0 aliphatic rings. The van der Waals surface area contributed by atoms with Crippen LogP contribution in [-0.2, 0) is 0 Å². The molecule has 70 valence electrons. The summed E-state index contributed by atoms with van der Waals surface area (Å²) in [6, 6.07) is 7.69. The molecule has 1 aromatic rings. The molecule has 0 heterocycles. The molecule has 0 aliphatic carbocycles. The van der Waals surface area contributed by atoms with E-state index in [1.54, 1.807) is 0 Å². The second-order valence-electron chi connectivity index (χ2n) is 2.91. The van der Waals surface area contributed by atoms with E-state index in [2.05, 4.69) is 0 Å². The van der Waals surface area contributed by atoms with Crippen molar-refractivity contribution in [1.82, 2.24) is 0 Å². The molecule has 0 fully saturated rings. The standard InChI is InChI=1S/C11H13ClO/c1-9(3-2-8-13)10-4-6-11(12)7-5-10/h3-7,13H,2,8H2,1H3/b9-3+. The van der Waals surface area contributed by atoms with Gasteiger partial charge in [-0.25, -0.2) is 0 Å². The normalized spacial score (nSPS) is 11.8. The van der Waals surface area contributed by atoms with Crippen LogP contribution in [0, 0.1) is 0 Å². The first-order valence-corrected chi connectivity index (χ1v) is 4.65. The van der Waals surface area contributed by atoms with Crippen molar-refractivity contribution in [3.63, 3.8) is 0 Å². The molecule has 1 rings (SSSR count). The van der Waals surface area contributed by atoms with E-state index < -0.39 is 0 Å². The van der Waals surface area contributed by atoms with Crippen molar-refractivity contribution in [2.75, 3.05) is 6.61 Å². The van der Waals surface area contributed by atoms with Crippen LogP contribution in [-0.4, -0.2) is 11.7 Å². The molecule has 1 aromatic carbocycles. The van der Waals surface area contributed by atoms with Crippen LogP contribution in [0.5, 0.6) is 0 Å². The van der Waals surface area contributed by atoms with Crippen molar-refractivity contribution in [3.05, 3.63) is 40.9 Å². The van der Waals surface area contributed by atoms with Crippen molar-refractivity contribution >= 4 is 17.2 Å². The lowest BCUT2D eigenvalue weighted by Gasteiger charge is -2.00. The Bertz CT molecular complexity index is 287. The summed E-state index contributed by atoms with van der Waals surface area (Å²) in [6.45, 7) is 2.23. The zero-order chi connectivity index (χ0) is 9.68. The van der Waals surface area contributed by atoms with Gasteiger partial charge in [0.1, 0.15) is 0 Å². The second-order valence-corrected chi connectivity index (χ2v) is 3.34. The predicted octanol–water partition coefficient (Wildman–Crippen LogP) is 3.13. The van der Waals surface area contributed by atoms with E-state index in [0.717, 1.165) is 10.6 Å². The molecule has 0 aromatic heterocycles. The van der Waals surface area contributed by atoms with Crippen LogP contribution in [0.4, 0.5) is 0 Å². The summed E-state index contributed by atoms with van der Waals surface area (Å²) in [7, 11) is 0. The average molecular weight is 197 g/mol. The van der Waals surface area contributed by atoms with Gasteiger partial charge in [0.15, 0.2) is 0 Å². The zero-order valence-corrected chi connectivity index (χ0v) is 8.38. The summed E-state index contributed by atoms with van der Waals surface area (Å²) in [5.41, 5.74) is 2.32. The predicted molar refractivity (Wildman–Crippen MR) is 56.8 cm³/mol. The Balaban J connectivity index is 2.77. The van der Waals surface area contributed by atoms with Crippen LogP contribution in [0.2, 0.25) is 5.02 Å². The molecule has 0 spiro atoms. The first kappa shape index (κ1) is 10.3. The molecule has 1 N–H and O–H groups in total. The lowest BCUT2D eigenvalue weighted by Crippen LogP contribution is -1.81. The van der Waals surface area contributed by atoms with Crippen LogP contribution in [0.3, 0.4) is 0 Å². The molecule has 0 atom stereocenters. The van der Waals surface area contributed by atoms with Gasteiger partial charge in [-0.3, -0.25) is 0 Å². The largest absolute Gasteiger partial charge is 0.396 e. The van der Waals surface area contributed by atoms with E-state index in [-0.39, 0.29) is 6.61 Å². The number of benzene rings is 1. The third-order valence-corrected chi connectivity index (χ3v) is 2.13. The smallest absolute Gasteiger partial charge is 0.0465 e. The second kappa shape index (κ2) is 5.05. The summed E-state index contributed by atoms with van der Waals surface area (Å²) >= 11 is 5.76. The minimum Gasteiger partial charge on any atom is -0.396 e. The highest BCUT2D eigenvalue weighted by Crippen LogP contribution is 2.17. The van der Waals surface area contributed by atoms with Gasteiger partial charge in [-0.05, 0) is 36.6 Å². The van der Waals surface area contributed by atoms with Gasteiger partial charge in [0.05, 0.1) is 0 Å². The molecule has 2 heteroatoms. The van der Waals surface area contributed by atoms with Crippen molar-refractivity contribution < 1.29 is 5.11 Å². The van der Waals surface area contributed by atoms with Gasteiger partial charge < -0.3 is 5.11 Å². The monoisotopic (exact) mass is 196 g/mol. The molecule has 0 aliphatic heterocycles. The van der Waals surface area contributed by atoms with Gasteiger partial charge in [-0.1, -0.05) is 29.8 Å². The maximum Gasteiger partial charge on any atom is 0.0465 e. The third-order valence-electron chi connectivity index (χ3n) is 1.88. The van der Waals surface area contributed by atoms with Crippen molar-refractivity contribution in [3.8, 4) is 0 Å². The van der Waals surface area contributed by atoms with Gasteiger partial charge in [-0.2, -0.15) is 0 Å². The summed E-state index contributed by atoms with van der Waals surface area (Å²) in [6.07, 6.45) is 2.72. The molecule has 13 heavy (non-hydrogen) atoms. The Kier molecular flexibility index (Phi) is 4.00. The van der Waals surface area contributed by atoms with Gasteiger partial charge in [-0.15, -0.1) is 0 Å². The molecule has 0 bridgehead atoms. The van der Waals surface area contributed by atoms with Crippen LogP contribution in [0.25, 0.3) is 5.57 Å². The fourth-order valence-corrected chi connectivity index (χ4v) is 1.24. The Morgan fingerprint density at radius 3 is 2.54 bits per heavy atom. The number of aliphatic hydroxyl groups is 1. The van der Waals surface area contributed by atoms with E-state index in [0.29, 0.717) is 6.42 Å². The highest BCUT2D eigenvalue weighted by molar-refractivity contribution is 6.30. The Morgan fingerprint density at radius 2 is 2.00 bits per heavy atom. The third kappa shape index (κ3) is 3.21. The van der Waals surface area contributed by atoms with Crippen molar-refractivity contribution in [2.45, 2.75) is 13.3 Å². The quantitative estimate of drug-likeness (QED) is 0.788. The Labute approximate surface area is 83.7 Å². The van der Waals surface area contributed by atoms with Crippen LogP contribution >= 0.6 is 11.6 Å². The Morgan fingerprint density at radius 1 is 1.38 bits per heavy atom.